The first-order valence-electron chi connectivity index (χ1n) is 12.1. The summed E-state index contributed by atoms with van der Waals surface area (Å²) >= 11 is 0. The lowest BCUT2D eigenvalue weighted by molar-refractivity contribution is -0.142. The molecule has 0 aliphatic carbocycles. The van der Waals surface area contributed by atoms with Crippen molar-refractivity contribution in [3.05, 3.63) is 101 Å². The average molecular weight is 477 g/mol. The van der Waals surface area contributed by atoms with Crippen molar-refractivity contribution < 1.29 is 18.7 Å². The average Bonchev–Trinajstić information content (AvgIpc) is 2.89. The van der Waals surface area contributed by atoms with Crippen LogP contribution >= 0.6 is 0 Å². The Labute approximate surface area is 206 Å². The molecule has 0 radical (unpaired) electrons. The Balaban J connectivity index is 1.88. The number of amides is 2. The first kappa shape index (κ1) is 25.9. The molecule has 0 aliphatic heterocycles. The molecule has 0 aromatic heterocycles. The van der Waals surface area contributed by atoms with E-state index in [0.717, 1.165) is 18.4 Å². The number of ether oxygens (including phenoxy) is 1. The van der Waals surface area contributed by atoms with E-state index in [-0.39, 0.29) is 25.0 Å². The largest absolute Gasteiger partial charge is 0.484 e. The van der Waals surface area contributed by atoms with E-state index in [2.05, 4.69) is 12.2 Å². The van der Waals surface area contributed by atoms with Gasteiger partial charge in [-0.3, -0.25) is 9.59 Å². The molecule has 35 heavy (non-hydrogen) atoms. The fourth-order valence-corrected chi connectivity index (χ4v) is 3.78. The standard InChI is InChI=1S/C29H33FN2O3/c1-3-18-31-29(34)27(19-23-10-6-5-7-11-23)32(20-24-12-8-9-13-26(24)30)28(33)21-35-25-16-14-22(4-2)15-17-25/h5-17,27H,3-4,18-21H2,1-2H3,(H,31,34)/t27-/m0/s1. The molecule has 3 aromatic carbocycles. The molecule has 184 valence electrons. The summed E-state index contributed by atoms with van der Waals surface area (Å²) in [7, 11) is 0. The summed E-state index contributed by atoms with van der Waals surface area (Å²) in [5.74, 6) is -0.515. The van der Waals surface area contributed by atoms with Gasteiger partial charge >= 0.3 is 0 Å². The molecule has 0 fully saturated rings. The highest BCUT2D eigenvalue weighted by molar-refractivity contribution is 5.88. The van der Waals surface area contributed by atoms with Gasteiger partial charge in [0.1, 0.15) is 17.6 Å². The highest BCUT2D eigenvalue weighted by Crippen LogP contribution is 2.18. The molecule has 0 aliphatic rings. The van der Waals surface area contributed by atoms with Crippen molar-refractivity contribution in [1.29, 1.82) is 0 Å². The van der Waals surface area contributed by atoms with E-state index < -0.39 is 11.9 Å². The van der Waals surface area contributed by atoms with Crippen molar-refractivity contribution in [2.75, 3.05) is 13.2 Å². The third-order valence-electron chi connectivity index (χ3n) is 5.81. The van der Waals surface area contributed by atoms with Gasteiger partial charge in [0.05, 0.1) is 0 Å². The molecular formula is C29H33FN2O3. The van der Waals surface area contributed by atoms with E-state index in [9.17, 15) is 14.0 Å². The van der Waals surface area contributed by atoms with E-state index in [1.165, 1.54) is 16.5 Å². The van der Waals surface area contributed by atoms with Gasteiger partial charge in [0.15, 0.2) is 6.61 Å². The Morgan fingerprint density at radius 3 is 2.26 bits per heavy atom. The van der Waals surface area contributed by atoms with Crippen molar-refractivity contribution in [2.24, 2.45) is 0 Å². The van der Waals surface area contributed by atoms with E-state index in [1.807, 2.05) is 61.5 Å². The van der Waals surface area contributed by atoms with Crippen molar-refractivity contribution in [3.8, 4) is 5.75 Å². The Kier molecular flexibility index (Phi) is 9.84. The Hall–Kier alpha value is -3.67. The van der Waals surface area contributed by atoms with Gasteiger partial charge in [-0.1, -0.05) is 74.5 Å². The number of benzene rings is 3. The van der Waals surface area contributed by atoms with E-state index >= 15 is 0 Å². The van der Waals surface area contributed by atoms with Crippen molar-refractivity contribution in [2.45, 2.75) is 45.7 Å². The second-order valence-corrected chi connectivity index (χ2v) is 8.40. The molecule has 3 aromatic rings. The molecule has 0 bridgehead atoms. The topological polar surface area (TPSA) is 58.6 Å². The van der Waals surface area contributed by atoms with Crippen LogP contribution in [-0.2, 0) is 29.0 Å². The van der Waals surface area contributed by atoms with Crippen LogP contribution in [0.2, 0.25) is 0 Å². The van der Waals surface area contributed by atoms with Crippen LogP contribution in [-0.4, -0.2) is 35.9 Å². The van der Waals surface area contributed by atoms with E-state index in [1.54, 1.807) is 18.2 Å². The lowest BCUT2D eigenvalue weighted by Gasteiger charge is -2.31. The van der Waals surface area contributed by atoms with Crippen molar-refractivity contribution in [3.63, 3.8) is 0 Å². The summed E-state index contributed by atoms with van der Waals surface area (Å²) in [6, 6.07) is 22.5. The quantitative estimate of drug-likeness (QED) is 0.403. The summed E-state index contributed by atoms with van der Waals surface area (Å²) in [6.07, 6.45) is 1.98. The van der Waals surface area contributed by atoms with Crippen LogP contribution < -0.4 is 10.1 Å². The van der Waals surface area contributed by atoms with Gasteiger partial charge in [-0.25, -0.2) is 4.39 Å². The molecule has 5 nitrogen and oxygen atoms in total. The SMILES string of the molecule is CCCNC(=O)[C@H](Cc1ccccc1)N(Cc1ccccc1F)C(=O)COc1ccc(CC)cc1. The minimum absolute atomic E-state index is 0.0410. The van der Waals surface area contributed by atoms with Gasteiger partial charge in [-0.2, -0.15) is 0 Å². The maximum absolute atomic E-state index is 14.6. The van der Waals surface area contributed by atoms with Crippen molar-refractivity contribution >= 4 is 11.8 Å². The lowest BCUT2D eigenvalue weighted by atomic mass is 10.0. The lowest BCUT2D eigenvalue weighted by Crippen LogP contribution is -2.51. The zero-order valence-corrected chi connectivity index (χ0v) is 20.4. The number of carbonyl (C=O) groups is 2. The normalized spacial score (nSPS) is 11.5. The number of nitrogens with one attached hydrogen (secondary N) is 1. The van der Waals surface area contributed by atoms with Gasteiger partial charge in [0, 0.05) is 25.1 Å². The second kappa shape index (κ2) is 13.3. The Bertz CT molecular complexity index is 1090. The Morgan fingerprint density at radius 1 is 0.914 bits per heavy atom. The molecular weight excluding hydrogens is 443 g/mol. The van der Waals surface area contributed by atoms with Crippen LogP contribution in [0.3, 0.4) is 0 Å². The van der Waals surface area contributed by atoms with Gasteiger partial charge in [0.2, 0.25) is 5.91 Å². The number of nitrogens with zero attached hydrogens (tertiary/aromatic N) is 1. The van der Waals surface area contributed by atoms with Gasteiger partial charge in [0.25, 0.3) is 5.91 Å². The van der Waals surface area contributed by atoms with Crippen LogP contribution in [0.15, 0.2) is 78.9 Å². The molecule has 0 saturated heterocycles. The summed E-state index contributed by atoms with van der Waals surface area (Å²) in [6.45, 7) is 4.22. The van der Waals surface area contributed by atoms with Crippen LogP contribution in [0.1, 0.15) is 37.0 Å². The molecule has 0 saturated carbocycles. The number of rotatable bonds is 12. The van der Waals surface area contributed by atoms with Crippen LogP contribution in [0.5, 0.6) is 5.75 Å². The first-order chi connectivity index (χ1) is 17.0. The van der Waals surface area contributed by atoms with Gasteiger partial charge < -0.3 is 15.0 Å². The minimum Gasteiger partial charge on any atom is -0.484 e. The molecule has 3 rings (SSSR count). The number of aryl methyl sites for hydroxylation is 1. The number of carbonyl (C=O) groups excluding carboxylic acids is 2. The third kappa shape index (κ3) is 7.67. The predicted molar refractivity (Wildman–Crippen MR) is 135 cm³/mol. The summed E-state index contributed by atoms with van der Waals surface area (Å²) in [5, 5.41) is 2.91. The van der Waals surface area contributed by atoms with Gasteiger partial charge in [-0.05, 0) is 42.2 Å². The highest BCUT2D eigenvalue weighted by Gasteiger charge is 2.31. The van der Waals surface area contributed by atoms with Crippen LogP contribution in [0.25, 0.3) is 0 Å². The van der Waals surface area contributed by atoms with Crippen molar-refractivity contribution in [1.82, 2.24) is 10.2 Å². The number of hydrogen-bond donors (Lipinski definition) is 1. The summed E-state index contributed by atoms with van der Waals surface area (Å²) < 4.78 is 20.3. The monoisotopic (exact) mass is 476 g/mol. The molecule has 0 spiro atoms. The fourth-order valence-electron chi connectivity index (χ4n) is 3.78. The number of hydrogen-bond acceptors (Lipinski definition) is 3. The minimum atomic E-state index is -0.817. The molecule has 0 heterocycles. The molecule has 1 N–H and O–H groups in total. The maximum atomic E-state index is 14.6. The Morgan fingerprint density at radius 2 is 1.60 bits per heavy atom. The zero-order chi connectivity index (χ0) is 25.0. The highest BCUT2D eigenvalue weighted by atomic mass is 19.1. The second-order valence-electron chi connectivity index (χ2n) is 8.40. The zero-order valence-electron chi connectivity index (χ0n) is 20.4. The van der Waals surface area contributed by atoms with E-state index in [4.69, 9.17) is 4.74 Å². The number of halogens is 1. The van der Waals surface area contributed by atoms with Crippen LogP contribution in [0.4, 0.5) is 4.39 Å². The van der Waals surface area contributed by atoms with Gasteiger partial charge in [-0.15, -0.1) is 0 Å². The fraction of sp³-hybridized carbons (Fsp3) is 0.310. The molecule has 0 unspecified atom stereocenters. The molecule has 1 atom stereocenters. The van der Waals surface area contributed by atoms with Crippen LogP contribution in [0, 0.1) is 5.82 Å². The first-order valence-corrected chi connectivity index (χ1v) is 12.1. The smallest absolute Gasteiger partial charge is 0.261 e. The maximum Gasteiger partial charge on any atom is 0.261 e. The summed E-state index contributed by atoms with van der Waals surface area (Å²) in [4.78, 5) is 28.1. The predicted octanol–water partition coefficient (Wildman–Crippen LogP) is 4.93. The molecule has 2 amide bonds. The molecule has 6 heteroatoms. The van der Waals surface area contributed by atoms with E-state index in [0.29, 0.717) is 24.3 Å². The third-order valence-corrected chi connectivity index (χ3v) is 5.81. The summed E-state index contributed by atoms with van der Waals surface area (Å²) in [5.41, 5.74) is 2.42.